The highest BCUT2D eigenvalue weighted by molar-refractivity contribution is 5.83. The summed E-state index contributed by atoms with van der Waals surface area (Å²) in [5, 5.41) is 0. The predicted molar refractivity (Wildman–Crippen MR) is 73.6 cm³/mol. The molecule has 0 amide bonds. The molecule has 1 aromatic rings. The number of hydrogen-bond donors (Lipinski definition) is 0. The van der Waals surface area contributed by atoms with Gasteiger partial charge in [-0.05, 0) is 17.5 Å². The molecule has 1 aromatic carbocycles. The van der Waals surface area contributed by atoms with Crippen molar-refractivity contribution in [1.82, 2.24) is 0 Å². The Morgan fingerprint density at radius 1 is 1.33 bits per heavy atom. The molecule has 0 aromatic heterocycles. The van der Waals surface area contributed by atoms with Crippen molar-refractivity contribution in [3.63, 3.8) is 0 Å². The molecule has 0 radical (unpaired) electrons. The molecule has 3 heteroatoms. The van der Waals surface area contributed by atoms with Crippen LogP contribution in [0.4, 0.5) is 0 Å². The largest absolute Gasteiger partial charge is 0.490 e. The van der Waals surface area contributed by atoms with Crippen LogP contribution in [-0.2, 0) is 4.74 Å². The highest BCUT2D eigenvalue weighted by atomic mass is 16.5. The zero-order chi connectivity index (χ0) is 13.0. The lowest BCUT2D eigenvalue weighted by Gasteiger charge is -2.24. The van der Waals surface area contributed by atoms with Crippen LogP contribution < -0.4 is 4.74 Å². The first kappa shape index (κ1) is 13.1. The Kier molecular flexibility index (Phi) is 4.02. The van der Waals surface area contributed by atoms with E-state index in [1.54, 1.807) is 0 Å². The van der Waals surface area contributed by atoms with Gasteiger partial charge in [0.25, 0.3) is 0 Å². The normalized spacial score (nSPS) is 21.4. The zero-order valence-corrected chi connectivity index (χ0v) is 11.3. The lowest BCUT2D eigenvalue weighted by atomic mass is 9.98. The number of fused-ring (bicyclic) bond motifs is 1. The first-order valence-corrected chi connectivity index (χ1v) is 6.38. The van der Waals surface area contributed by atoms with Crippen molar-refractivity contribution in [3.8, 4) is 5.75 Å². The molecule has 0 aliphatic carbocycles. The Labute approximate surface area is 109 Å². The van der Waals surface area contributed by atoms with Crippen molar-refractivity contribution in [3.05, 3.63) is 29.8 Å². The summed E-state index contributed by atoms with van der Waals surface area (Å²) in [6.07, 6.45) is 1.90. The molecule has 2 rings (SSSR count). The standard InChI is InChI=1S/C15H21NO2/c1-15(2,3)11-18-13-9-16-8-12-6-4-5-7-14(12)17-10-13/h4-8,13H,9-11H2,1-3H3/b16-8-. The van der Waals surface area contributed by atoms with Gasteiger partial charge in [-0.3, -0.25) is 4.99 Å². The van der Waals surface area contributed by atoms with Gasteiger partial charge in [-0.2, -0.15) is 0 Å². The molecule has 1 aliphatic heterocycles. The lowest BCUT2D eigenvalue weighted by molar-refractivity contribution is -0.00962. The van der Waals surface area contributed by atoms with Crippen LogP contribution >= 0.6 is 0 Å². The Bertz CT molecular complexity index is 421. The van der Waals surface area contributed by atoms with Crippen LogP contribution in [-0.4, -0.2) is 32.1 Å². The molecule has 18 heavy (non-hydrogen) atoms. The highest BCUT2D eigenvalue weighted by Gasteiger charge is 2.17. The summed E-state index contributed by atoms with van der Waals surface area (Å²) in [4.78, 5) is 4.42. The van der Waals surface area contributed by atoms with Crippen LogP contribution in [0.5, 0.6) is 5.75 Å². The summed E-state index contributed by atoms with van der Waals surface area (Å²) in [5.41, 5.74) is 1.20. The van der Waals surface area contributed by atoms with E-state index in [1.807, 2.05) is 30.5 Å². The van der Waals surface area contributed by atoms with Crippen molar-refractivity contribution >= 4 is 6.21 Å². The van der Waals surface area contributed by atoms with Gasteiger partial charge in [-0.25, -0.2) is 0 Å². The molecule has 0 spiro atoms. The van der Waals surface area contributed by atoms with Crippen LogP contribution in [0.2, 0.25) is 0 Å². The van der Waals surface area contributed by atoms with Crippen molar-refractivity contribution in [2.24, 2.45) is 10.4 Å². The number of ether oxygens (including phenoxy) is 2. The topological polar surface area (TPSA) is 30.8 Å². The van der Waals surface area contributed by atoms with Gasteiger partial charge < -0.3 is 9.47 Å². The van der Waals surface area contributed by atoms with E-state index in [0.717, 1.165) is 17.9 Å². The molecule has 0 N–H and O–H groups in total. The van der Waals surface area contributed by atoms with Crippen molar-refractivity contribution in [2.45, 2.75) is 26.9 Å². The third-order valence-electron chi connectivity index (χ3n) is 2.64. The molecule has 1 unspecified atom stereocenters. The van der Waals surface area contributed by atoms with E-state index in [-0.39, 0.29) is 11.5 Å². The molecule has 0 bridgehead atoms. The summed E-state index contributed by atoms with van der Waals surface area (Å²) in [6, 6.07) is 7.94. The number of para-hydroxylation sites is 1. The van der Waals surface area contributed by atoms with Crippen molar-refractivity contribution in [2.75, 3.05) is 19.8 Å². The maximum atomic E-state index is 5.86. The van der Waals surface area contributed by atoms with Gasteiger partial charge in [0.15, 0.2) is 0 Å². The molecule has 0 saturated heterocycles. The van der Waals surface area contributed by atoms with Gasteiger partial charge in [0, 0.05) is 11.8 Å². The summed E-state index contributed by atoms with van der Waals surface area (Å²) >= 11 is 0. The number of aliphatic imine (C=N–C) groups is 1. The van der Waals surface area contributed by atoms with E-state index in [9.17, 15) is 0 Å². The summed E-state index contributed by atoms with van der Waals surface area (Å²) in [7, 11) is 0. The van der Waals surface area contributed by atoms with Gasteiger partial charge in [-0.1, -0.05) is 32.9 Å². The summed E-state index contributed by atoms with van der Waals surface area (Å²) < 4.78 is 11.6. The molecule has 0 saturated carbocycles. The van der Waals surface area contributed by atoms with E-state index >= 15 is 0 Å². The van der Waals surface area contributed by atoms with Crippen LogP contribution in [0, 0.1) is 5.41 Å². The fraction of sp³-hybridized carbons (Fsp3) is 0.533. The minimum absolute atomic E-state index is 0.0360. The predicted octanol–water partition coefficient (Wildman–Crippen LogP) is 2.93. The molecule has 3 nitrogen and oxygen atoms in total. The average molecular weight is 247 g/mol. The van der Waals surface area contributed by atoms with Crippen molar-refractivity contribution in [1.29, 1.82) is 0 Å². The fourth-order valence-electron chi connectivity index (χ4n) is 1.69. The van der Waals surface area contributed by atoms with Crippen molar-refractivity contribution < 1.29 is 9.47 Å². The smallest absolute Gasteiger partial charge is 0.128 e. The van der Waals surface area contributed by atoms with Crippen LogP contribution in [0.25, 0.3) is 0 Å². The first-order valence-electron chi connectivity index (χ1n) is 6.38. The zero-order valence-electron chi connectivity index (χ0n) is 11.3. The second-order valence-corrected chi connectivity index (χ2v) is 5.84. The van der Waals surface area contributed by atoms with Gasteiger partial charge in [0.2, 0.25) is 0 Å². The maximum Gasteiger partial charge on any atom is 0.128 e. The van der Waals surface area contributed by atoms with E-state index in [4.69, 9.17) is 9.47 Å². The second-order valence-electron chi connectivity index (χ2n) is 5.84. The number of hydrogen-bond acceptors (Lipinski definition) is 3. The van der Waals surface area contributed by atoms with E-state index in [0.29, 0.717) is 13.2 Å². The molecule has 98 valence electrons. The van der Waals surface area contributed by atoms with Crippen LogP contribution in [0.15, 0.2) is 29.3 Å². The highest BCUT2D eigenvalue weighted by Crippen LogP contribution is 2.19. The first-order chi connectivity index (χ1) is 8.54. The second kappa shape index (κ2) is 5.53. The Morgan fingerprint density at radius 2 is 2.11 bits per heavy atom. The third kappa shape index (κ3) is 3.84. The Morgan fingerprint density at radius 3 is 2.89 bits per heavy atom. The summed E-state index contributed by atoms with van der Waals surface area (Å²) in [6.45, 7) is 8.42. The molecule has 0 fully saturated rings. The van der Waals surface area contributed by atoms with E-state index < -0.39 is 0 Å². The minimum Gasteiger partial charge on any atom is -0.490 e. The molecular weight excluding hydrogens is 226 g/mol. The van der Waals surface area contributed by atoms with Crippen LogP contribution in [0.3, 0.4) is 0 Å². The lowest BCUT2D eigenvalue weighted by Crippen LogP contribution is -2.30. The van der Waals surface area contributed by atoms with Gasteiger partial charge in [0.1, 0.15) is 18.5 Å². The van der Waals surface area contributed by atoms with E-state index in [2.05, 4.69) is 25.8 Å². The molecule has 1 atom stereocenters. The molecule has 1 heterocycles. The number of nitrogens with zero attached hydrogens (tertiary/aromatic N) is 1. The SMILES string of the molecule is CC(C)(C)COC1C/N=C\c2ccccc2OC1. The van der Waals surface area contributed by atoms with Crippen LogP contribution in [0.1, 0.15) is 26.3 Å². The quantitative estimate of drug-likeness (QED) is 0.804. The maximum absolute atomic E-state index is 5.86. The average Bonchev–Trinajstić information content (AvgIpc) is 2.28. The van der Waals surface area contributed by atoms with Gasteiger partial charge in [0.05, 0.1) is 13.2 Å². The monoisotopic (exact) mass is 247 g/mol. The molecular formula is C15H21NO2. The summed E-state index contributed by atoms with van der Waals surface area (Å²) in [5.74, 6) is 0.880. The van der Waals surface area contributed by atoms with Gasteiger partial charge in [-0.15, -0.1) is 0 Å². The Hall–Kier alpha value is -1.35. The number of benzene rings is 1. The Balaban J connectivity index is 1.97. The fourth-order valence-corrected chi connectivity index (χ4v) is 1.69. The van der Waals surface area contributed by atoms with Gasteiger partial charge >= 0.3 is 0 Å². The number of rotatable bonds is 2. The molecule has 1 aliphatic rings. The van der Waals surface area contributed by atoms with E-state index in [1.165, 1.54) is 0 Å². The minimum atomic E-state index is 0.0360. The third-order valence-corrected chi connectivity index (χ3v) is 2.64.